The highest BCUT2D eigenvalue weighted by Crippen LogP contribution is 2.15. The van der Waals surface area contributed by atoms with Crippen molar-refractivity contribution in [2.75, 3.05) is 6.61 Å². The van der Waals surface area contributed by atoms with E-state index in [-0.39, 0.29) is 12.7 Å². The van der Waals surface area contributed by atoms with Crippen molar-refractivity contribution in [1.82, 2.24) is 0 Å². The zero-order valence-corrected chi connectivity index (χ0v) is 9.61. The summed E-state index contributed by atoms with van der Waals surface area (Å²) in [5, 5.41) is 36.8. The number of Topliss-reactive ketones (excluding diaryl/α,β-unsaturated/α-hetero) is 1. The average molecular weight is 249 g/mol. The Balaban J connectivity index is 4.96. The van der Waals surface area contributed by atoms with Gasteiger partial charge >= 0.3 is 0 Å². The third kappa shape index (κ3) is 3.55. The third-order valence-corrected chi connectivity index (χ3v) is 2.55. The van der Waals surface area contributed by atoms with Crippen molar-refractivity contribution in [2.24, 2.45) is 5.73 Å². The maximum Gasteiger partial charge on any atom is 0.162 e. The van der Waals surface area contributed by atoms with Gasteiger partial charge in [-0.15, -0.1) is 0 Å². The first kappa shape index (κ1) is 16.1. The Morgan fingerprint density at radius 3 is 2.29 bits per heavy atom. The van der Waals surface area contributed by atoms with Crippen LogP contribution in [-0.4, -0.2) is 63.0 Å². The quantitative estimate of drug-likeness (QED) is 0.233. The van der Waals surface area contributed by atoms with Crippen LogP contribution in [0.2, 0.25) is 0 Å². The van der Waals surface area contributed by atoms with E-state index in [4.69, 9.17) is 15.9 Å². The normalized spacial score (nSPS) is 20.1. The number of aliphatic hydroxyl groups excluding tert-OH is 4. The number of hydrogen-bond donors (Lipinski definition) is 5. The monoisotopic (exact) mass is 249 g/mol. The van der Waals surface area contributed by atoms with Gasteiger partial charge in [-0.2, -0.15) is 0 Å². The van der Waals surface area contributed by atoms with Crippen molar-refractivity contribution in [2.45, 2.75) is 43.6 Å². The van der Waals surface area contributed by atoms with E-state index in [1.165, 1.54) is 0 Å². The lowest BCUT2D eigenvalue weighted by atomic mass is 9.83. The van der Waals surface area contributed by atoms with E-state index in [9.17, 15) is 19.8 Å². The van der Waals surface area contributed by atoms with Gasteiger partial charge in [0.25, 0.3) is 0 Å². The lowest BCUT2D eigenvalue weighted by Crippen LogP contribution is -2.64. The Labute approximate surface area is 98.9 Å². The van der Waals surface area contributed by atoms with E-state index in [1.54, 1.807) is 6.92 Å². The summed E-state index contributed by atoms with van der Waals surface area (Å²) in [6, 6.07) is 0. The minimum absolute atomic E-state index is 0.0335. The smallest absolute Gasteiger partial charge is 0.162 e. The third-order valence-electron chi connectivity index (χ3n) is 2.55. The second kappa shape index (κ2) is 6.77. The van der Waals surface area contributed by atoms with Crippen molar-refractivity contribution < 1.29 is 30.0 Å². The van der Waals surface area contributed by atoms with Crippen LogP contribution in [-0.2, 0) is 9.59 Å². The minimum atomic E-state index is -2.27. The highest BCUT2D eigenvalue weighted by molar-refractivity contribution is 6.03. The number of rotatable bonds is 8. The second-order valence-corrected chi connectivity index (χ2v) is 3.91. The molecule has 0 heterocycles. The standard InChI is InChI=1S/C10H19NO6/c1-2-3-7(15)10(11,5-13)9(17)8(16)6(14)4-12/h5-6,8-9,12,14,16-17H,2-4,11H2,1H3/t6-,8+,9+,10-/m1/s1. The van der Waals surface area contributed by atoms with Crippen LogP contribution < -0.4 is 5.73 Å². The molecule has 7 heteroatoms. The Morgan fingerprint density at radius 2 is 1.94 bits per heavy atom. The van der Waals surface area contributed by atoms with Gasteiger partial charge in [0.05, 0.1) is 6.61 Å². The summed E-state index contributed by atoms with van der Waals surface area (Å²) in [5.74, 6) is -0.730. The molecule has 0 spiro atoms. The molecule has 4 atom stereocenters. The zero-order valence-electron chi connectivity index (χ0n) is 9.61. The number of hydrogen-bond acceptors (Lipinski definition) is 7. The highest BCUT2D eigenvalue weighted by Gasteiger charge is 2.45. The number of carbonyl (C=O) groups excluding carboxylic acids is 2. The van der Waals surface area contributed by atoms with E-state index in [1.807, 2.05) is 0 Å². The van der Waals surface area contributed by atoms with Crippen molar-refractivity contribution in [3.05, 3.63) is 0 Å². The number of ketones is 1. The Hall–Kier alpha value is -0.860. The summed E-state index contributed by atoms with van der Waals surface area (Å²) in [6.07, 6.45) is -5.09. The molecule has 0 aliphatic rings. The topological polar surface area (TPSA) is 141 Å². The van der Waals surface area contributed by atoms with Crippen LogP contribution >= 0.6 is 0 Å². The Kier molecular flexibility index (Phi) is 6.43. The number of nitrogens with two attached hydrogens (primary N) is 1. The molecular formula is C10H19NO6. The van der Waals surface area contributed by atoms with Crippen molar-refractivity contribution in [1.29, 1.82) is 0 Å². The molecule has 0 aliphatic carbocycles. The largest absolute Gasteiger partial charge is 0.394 e. The lowest BCUT2D eigenvalue weighted by Gasteiger charge is -2.32. The fourth-order valence-corrected chi connectivity index (χ4v) is 1.34. The molecule has 0 fully saturated rings. The fourth-order valence-electron chi connectivity index (χ4n) is 1.34. The van der Waals surface area contributed by atoms with E-state index in [0.29, 0.717) is 6.42 Å². The molecule has 17 heavy (non-hydrogen) atoms. The second-order valence-electron chi connectivity index (χ2n) is 3.91. The van der Waals surface area contributed by atoms with Gasteiger partial charge in [-0.3, -0.25) is 4.79 Å². The van der Waals surface area contributed by atoms with E-state index in [0.717, 1.165) is 0 Å². The summed E-state index contributed by atoms with van der Waals surface area (Å²) in [4.78, 5) is 22.4. The average Bonchev–Trinajstić information content (AvgIpc) is 2.35. The van der Waals surface area contributed by atoms with Crippen LogP contribution in [0.15, 0.2) is 0 Å². The molecule has 0 aromatic heterocycles. The molecule has 0 aromatic carbocycles. The van der Waals surface area contributed by atoms with Crippen molar-refractivity contribution >= 4 is 12.1 Å². The molecule has 0 rings (SSSR count). The molecule has 0 bridgehead atoms. The maximum atomic E-state index is 11.6. The predicted molar refractivity (Wildman–Crippen MR) is 58.0 cm³/mol. The molecule has 0 saturated carbocycles. The summed E-state index contributed by atoms with van der Waals surface area (Å²) in [7, 11) is 0. The van der Waals surface area contributed by atoms with Gasteiger partial charge in [-0.05, 0) is 6.42 Å². The zero-order chi connectivity index (χ0) is 13.6. The number of carbonyl (C=O) groups is 2. The first-order valence-electron chi connectivity index (χ1n) is 5.28. The SMILES string of the molecule is CCCC(=O)[C@](N)(C=O)[C@@H](O)[C@@H](O)[C@H](O)CO. The Bertz CT molecular complexity index is 272. The van der Waals surface area contributed by atoms with Crippen molar-refractivity contribution in [3.63, 3.8) is 0 Å². The van der Waals surface area contributed by atoms with Gasteiger partial charge in [0, 0.05) is 6.42 Å². The molecule has 0 saturated heterocycles. The molecule has 0 radical (unpaired) electrons. The molecule has 0 aliphatic heterocycles. The summed E-state index contributed by atoms with van der Waals surface area (Å²) < 4.78 is 0. The number of aldehydes is 1. The predicted octanol–water partition coefficient (Wildman–Crippen LogP) is -2.67. The van der Waals surface area contributed by atoms with E-state index >= 15 is 0 Å². The van der Waals surface area contributed by atoms with Crippen molar-refractivity contribution in [3.8, 4) is 0 Å². The van der Waals surface area contributed by atoms with Gasteiger partial charge in [-0.25, -0.2) is 0 Å². The van der Waals surface area contributed by atoms with Crippen LogP contribution in [0.5, 0.6) is 0 Å². The first-order chi connectivity index (χ1) is 7.84. The summed E-state index contributed by atoms with van der Waals surface area (Å²) in [5.41, 5.74) is 3.17. The lowest BCUT2D eigenvalue weighted by molar-refractivity contribution is -0.144. The van der Waals surface area contributed by atoms with E-state index < -0.39 is 36.2 Å². The van der Waals surface area contributed by atoms with Gasteiger partial charge in [0.15, 0.2) is 11.3 Å². The van der Waals surface area contributed by atoms with Crippen LogP contribution in [0.25, 0.3) is 0 Å². The fraction of sp³-hybridized carbons (Fsp3) is 0.800. The molecule has 6 N–H and O–H groups in total. The van der Waals surface area contributed by atoms with Gasteiger partial charge in [-0.1, -0.05) is 6.92 Å². The maximum absolute atomic E-state index is 11.6. The Morgan fingerprint density at radius 1 is 1.41 bits per heavy atom. The van der Waals surface area contributed by atoms with Crippen LogP contribution in [0.3, 0.4) is 0 Å². The molecule has 0 amide bonds. The van der Waals surface area contributed by atoms with Gasteiger partial charge in [0.2, 0.25) is 0 Å². The van der Waals surface area contributed by atoms with Gasteiger partial charge < -0.3 is 31.0 Å². The summed E-state index contributed by atoms with van der Waals surface area (Å²) >= 11 is 0. The minimum Gasteiger partial charge on any atom is -0.394 e. The van der Waals surface area contributed by atoms with E-state index in [2.05, 4.69) is 0 Å². The molecule has 0 unspecified atom stereocenters. The summed E-state index contributed by atoms with van der Waals surface area (Å²) in [6.45, 7) is 0.865. The first-order valence-corrected chi connectivity index (χ1v) is 5.28. The molecule has 100 valence electrons. The highest BCUT2D eigenvalue weighted by atomic mass is 16.4. The van der Waals surface area contributed by atoms with Gasteiger partial charge in [0.1, 0.15) is 24.6 Å². The molecule has 0 aromatic rings. The van der Waals surface area contributed by atoms with Crippen LogP contribution in [0.4, 0.5) is 0 Å². The van der Waals surface area contributed by atoms with Crippen LogP contribution in [0, 0.1) is 0 Å². The van der Waals surface area contributed by atoms with Crippen LogP contribution in [0.1, 0.15) is 19.8 Å². The molecule has 7 nitrogen and oxygen atoms in total. The molecular weight excluding hydrogens is 230 g/mol. The number of aliphatic hydroxyl groups is 4.